The molecule has 0 saturated heterocycles. The minimum absolute atomic E-state index is 0.0441. The Kier molecular flexibility index (Phi) is 3.43. The van der Waals surface area contributed by atoms with Gasteiger partial charge in [0.1, 0.15) is 5.82 Å². The van der Waals surface area contributed by atoms with Crippen LogP contribution in [-0.2, 0) is 4.74 Å². The Morgan fingerprint density at radius 2 is 2.00 bits per heavy atom. The van der Waals surface area contributed by atoms with E-state index in [4.69, 9.17) is 4.74 Å². The molecule has 4 heteroatoms. The number of ether oxygens (including phenoxy) is 1. The van der Waals surface area contributed by atoms with Gasteiger partial charge in [-0.25, -0.2) is 9.18 Å². The van der Waals surface area contributed by atoms with Gasteiger partial charge < -0.3 is 4.74 Å². The van der Waals surface area contributed by atoms with Crippen molar-refractivity contribution < 1.29 is 13.9 Å². The van der Waals surface area contributed by atoms with E-state index < -0.39 is 11.8 Å². The molecule has 2 aromatic rings. The van der Waals surface area contributed by atoms with Crippen LogP contribution in [0.5, 0.6) is 0 Å². The zero-order valence-corrected chi connectivity index (χ0v) is 10.8. The SMILES string of the molecule is CCOC(=O)c1cc(Br)c2ccccc2c1F. The van der Waals surface area contributed by atoms with E-state index >= 15 is 0 Å². The Morgan fingerprint density at radius 3 is 2.65 bits per heavy atom. The number of hydrogen-bond acceptors (Lipinski definition) is 2. The van der Waals surface area contributed by atoms with Crippen LogP contribution in [0.3, 0.4) is 0 Å². The summed E-state index contributed by atoms with van der Waals surface area (Å²) in [6, 6.07) is 8.43. The molecule has 0 aliphatic heterocycles. The maximum absolute atomic E-state index is 14.1. The van der Waals surface area contributed by atoms with Crippen LogP contribution in [0.15, 0.2) is 34.8 Å². The van der Waals surface area contributed by atoms with Gasteiger partial charge in [-0.05, 0) is 18.4 Å². The van der Waals surface area contributed by atoms with E-state index in [2.05, 4.69) is 15.9 Å². The molecule has 0 unspecified atom stereocenters. The zero-order valence-electron chi connectivity index (χ0n) is 9.17. The lowest BCUT2D eigenvalue weighted by Gasteiger charge is -2.07. The summed E-state index contributed by atoms with van der Waals surface area (Å²) in [6.45, 7) is 1.91. The molecule has 0 fully saturated rings. The van der Waals surface area contributed by atoms with Gasteiger partial charge in [0.2, 0.25) is 0 Å². The highest BCUT2D eigenvalue weighted by Gasteiger charge is 2.17. The molecule has 0 aliphatic rings. The van der Waals surface area contributed by atoms with Crippen molar-refractivity contribution in [3.63, 3.8) is 0 Å². The number of esters is 1. The third kappa shape index (κ3) is 2.17. The Balaban J connectivity index is 2.67. The maximum Gasteiger partial charge on any atom is 0.341 e. The second kappa shape index (κ2) is 4.84. The molecule has 0 N–H and O–H groups in total. The smallest absolute Gasteiger partial charge is 0.341 e. The average Bonchev–Trinajstić information content (AvgIpc) is 2.34. The summed E-state index contributed by atoms with van der Waals surface area (Å²) in [6.07, 6.45) is 0. The van der Waals surface area contributed by atoms with Gasteiger partial charge >= 0.3 is 5.97 Å². The van der Waals surface area contributed by atoms with E-state index in [9.17, 15) is 9.18 Å². The summed E-state index contributed by atoms with van der Waals surface area (Å²) < 4.78 is 19.6. The fourth-order valence-electron chi connectivity index (χ4n) is 1.65. The number of halogens is 2. The first-order chi connectivity index (χ1) is 8.15. The van der Waals surface area contributed by atoms with Crippen molar-refractivity contribution >= 4 is 32.7 Å². The van der Waals surface area contributed by atoms with Crippen molar-refractivity contribution in [3.05, 3.63) is 46.2 Å². The summed E-state index contributed by atoms with van der Waals surface area (Å²) in [7, 11) is 0. The van der Waals surface area contributed by atoms with Crippen molar-refractivity contribution in [2.75, 3.05) is 6.61 Å². The fraction of sp³-hybridized carbons (Fsp3) is 0.154. The first-order valence-corrected chi connectivity index (χ1v) is 5.98. The third-order valence-corrected chi connectivity index (χ3v) is 3.08. The zero-order chi connectivity index (χ0) is 12.4. The first-order valence-electron chi connectivity index (χ1n) is 5.19. The lowest BCUT2D eigenvalue weighted by molar-refractivity contribution is 0.0521. The maximum atomic E-state index is 14.1. The molecule has 0 amide bonds. The minimum atomic E-state index is -0.642. The normalized spacial score (nSPS) is 10.5. The van der Waals surface area contributed by atoms with Gasteiger partial charge in [-0.1, -0.05) is 40.2 Å². The predicted octanol–water partition coefficient (Wildman–Crippen LogP) is 3.92. The van der Waals surface area contributed by atoms with E-state index in [1.165, 1.54) is 6.07 Å². The summed E-state index contributed by atoms with van der Waals surface area (Å²) >= 11 is 3.33. The summed E-state index contributed by atoms with van der Waals surface area (Å²) in [4.78, 5) is 11.6. The fourth-order valence-corrected chi connectivity index (χ4v) is 2.23. The monoisotopic (exact) mass is 296 g/mol. The van der Waals surface area contributed by atoms with E-state index in [1.807, 2.05) is 6.07 Å². The second-order valence-corrected chi connectivity index (χ2v) is 4.34. The van der Waals surface area contributed by atoms with Crippen LogP contribution in [0, 0.1) is 5.82 Å². The van der Waals surface area contributed by atoms with Gasteiger partial charge in [0.05, 0.1) is 12.2 Å². The van der Waals surface area contributed by atoms with Gasteiger partial charge in [-0.15, -0.1) is 0 Å². The first kappa shape index (κ1) is 12.0. The molecule has 0 aromatic heterocycles. The van der Waals surface area contributed by atoms with E-state index in [-0.39, 0.29) is 12.2 Å². The van der Waals surface area contributed by atoms with E-state index in [0.29, 0.717) is 9.86 Å². The molecule has 2 rings (SSSR count). The van der Waals surface area contributed by atoms with Crippen molar-refractivity contribution in [1.29, 1.82) is 0 Å². The molecule has 0 spiro atoms. The van der Waals surface area contributed by atoms with Crippen LogP contribution in [0.2, 0.25) is 0 Å². The largest absolute Gasteiger partial charge is 0.462 e. The van der Waals surface area contributed by atoms with Crippen LogP contribution < -0.4 is 0 Å². The Labute approximate surface area is 107 Å². The molecule has 17 heavy (non-hydrogen) atoms. The lowest BCUT2D eigenvalue weighted by Crippen LogP contribution is -2.07. The number of fused-ring (bicyclic) bond motifs is 1. The van der Waals surface area contributed by atoms with E-state index in [1.54, 1.807) is 25.1 Å². The van der Waals surface area contributed by atoms with E-state index in [0.717, 1.165) is 5.39 Å². The number of rotatable bonds is 2. The van der Waals surface area contributed by atoms with Gasteiger partial charge in [-0.2, -0.15) is 0 Å². The Hall–Kier alpha value is -1.42. The Bertz CT molecular complexity index is 581. The number of carbonyl (C=O) groups excluding carboxylic acids is 1. The van der Waals surface area contributed by atoms with Gasteiger partial charge in [0, 0.05) is 9.86 Å². The van der Waals surface area contributed by atoms with Crippen LogP contribution in [0.1, 0.15) is 17.3 Å². The van der Waals surface area contributed by atoms with Crippen LogP contribution in [0.4, 0.5) is 4.39 Å². The molecular formula is C13H10BrFO2. The third-order valence-electron chi connectivity index (χ3n) is 2.42. The molecule has 0 atom stereocenters. The van der Waals surface area contributed by atoms with Crippen molar-refractivity contribution in [1.82, 2.24) is 0 Å². The van der Waals surface area contributed by atoms with Gasteiger partial charge in [0.15, 0.2) is 0 Å². The number of hydrogen-bond donors (Lipinski definition) is 0. The highest BCUT2D eigenvalue weighted by molar-refractivity contribution is 9.10. The standard InChI is InChI=1S/C13H10BrFO2/c1-2-17-13(16)10-7-11(14)8-5-3-4-6-9(8)12(10)15/h3-7H,2H2,1H3. The minimum Gasteiger partial charge on any atom is -0.462 e. The van der Waals surface area contributed by atoms with Crippen LogP contribution in [-0.4, -0.2) is 12.6 Å². The molecule has 88 valence electrons. The molecule has 0 radical (unpaired) electrons. The summed E-state index contributed by atoms with van der Waals surface area (Å²) in [5.74, 6) is -1.18. The van der Waals surface area contributed by atoms with Gasteiger partial charge in [-0.3, -0.25) is 0 Å². The van der Waals surface area contributed by atoms with Crippen molar-refractivity contribution in [2.45, 2.75) is 6.92 Å². The average molecular weight is 297 g/mol. The van der Waals surface area contributed by atoms with Crippen molar-refractivity contribution in [2.24, 2.45) is 0 Å². The number of benzene rings is 2. The van der Waals surface area contributed by atoms with Crippen LogP contribution in [0.25, 0.3) is 10.8 Å². The molecule has 2 aromatic carbocycles. The summed E-state index contributed by atoms with van der Waals surface area (Å²) in [5, 5.41) is 1.14. The topological polar surface area (TPSA) is 26.3 Å². The number of carbonyl (C=O) groups is 1. The molecule has 2 nitrogen and oxygen atoms in total. The highest BCUT2D eigenvalue weighted by atomic mass is 79.9. The second-order valence-electron chi connectivity index (χ2n) is 3.49. The van der Waals surface area contributed by atoms with Crippen LogP contribution >= 0.6 is 15.9 Å². The molecule has 0 aliphatic carbocycles. The molecule has 0 heterocycles. The molecule has 0 bridgehead atoms. The predicted molar refractivity (Wildman–Crippen MR) is 67.6 cm³/mol. The lowest BCUT2D eigenvalue weighted by atomic mass is 10.1. The molecule has 0 saturated carbocycles. The van der Waals surface area contributed by atoms with Gasteiger partial charge in [0.25, 0.3) is 0 Å². The Morgan fingerprint density at radius 1 is 1.35 bits per heavy atom. The quantitative estimate of drug-likeness (QED) is 0.785. The highest BCUT2D eigenvalue weighted by Crippen LogP contribution is 2.29. The summed E-state index contributed by atoms with van der Waals surface area (Å²) in [5.41, 5.74) is -0.0441. The molecular weight excluding hydrogens is 287 g/mol. The van der Waals surface area contributed by atoms with Crippen molar-refractivity contribution in [3.8, 4) is 0 Å².